The summed E-state index contributed by atoms with van der Waals surface area (Å²) in [6.07, 6.45) is 1.04. The van der Waals surface area contributed by atoms with Gasteiger partial charge in [-0.05, 0) is 37.5 Å². The molecule has 0 spiro atoms. The highest BCUT2D eigenvalue weighted by molar-refractivity contribution is 6.11. The van der Waals surface area contributed by atoms with Gasteiger partial charge in [0.25, 0.3) is 5.91 Å². The number of aryl methyl sites for hydroxylation is 1. The van der Waals surface area contributed by atoms with Crippen molar-refractivity contribution in [3.63, 3.8) is 0 Å². The highest BCUT2D eigenvalue weighted by Gasteiger charge is 2.47. The first kappa shape index (κ1) is 17.8. The average molecular weight is 354 g/mol. The number of carbonyl (C=O) groups excluding carboxylic acids is 3. The van der Waals surface area contributed by atoms with Crippen LogP contribution in [0.2, 0.25) is 0 Å². The van der Waals surface area contributed by atoms with Gasteiger partial charge in [-0.25, -0.2) is 9.18 Å². The number of hydrogen-bond acceptors (Lipinski definition) is 3. The molecule has 0 bridgehead atoms. The molecule has 0 unspecified atom stereocenters. The Morgan fingerprint density at radius 3 is 2.54 bits per heavy atom. The normalized spacial score (nSPS) is 19.5. The third-order valence-electron chi connectivity index (χ3n) is 4.55. The van der Waals surface area contributed by atoms with E-state index in [0.29, 0.717) is 12.8 Å². The molecule has 6 heteroatoms. The van der Waals surface area contributed by atoms with E-state index in [1.54, 1.807) is 6.92 Å². The number of urea groups is 1. The second kappa shape index (κ2) is 7.07. The molecule has 1 saturated heterocycles. The minimum absolute atomic E-state index is 0.128. The van der Waals surface area contributed by atoms with Crippen molar-refractivity contribution in [3.8, 4) is 0 Å². The Kier molecular flexibility index (Phi) is 4.84. The van der Waals surface area contributed by atoms with Crippen LogP contribution in [0.4, 0.5) is 9.18 Å². The Labute approximate surface area is 150 Å². The van der Waals surface area contributed by atoms with Crippen LogP contribution in [0.25, 0.3) is 0 Å². The van der Waals surface area contributed by atoms with Gasteiger partial charge in [0.1, 0.15) is 11.4 Å². The van der Waals surface area contributed by atoms with Crippen LogP contribution in [-0.2, 0) is 11.2 Å². The van der Waals surface area contributed by atoms with Gasteiger partial charge in [0.2, 0.25) is 0 Å². The molecule has 2 aromatic carbocycles. The van der Waals surface area contributed by atoms with Crippen LogP contribution in [0.15, 0.2) is 54.6 Å². The first-order valence-electron chi connectivity index (χ1n) is 8.36. The van der Waals surface area contributed by atoms with Crippen LogP contribution < -0.4 is 5.32 Å². The Bertz CT molecular complexity index is 853. The molecule has 1 aliphatic rings. The first-order valence-corrected chi connectivity index (χ1v) is 8.36. The summed E-state index contributed by atoms with van der Waals surface area (Å²) in [5.74, 6) is -1.47. The number of nitrogens with zero attached hydrogens (tertiary/aromatic N) is 1. The number of hydrogen-bond donors (Lipinski definition) is 1. The third kappa shape index (κ3) is 3.64. The van der Waals surface area contributed by atoms with Gasteiger partial charge < -0.3 is 5.32 Å². The summed E-state index contributed by atoms with van der Waals surface area (Å²) in [6.45, 7) is 1.25. The van der Waals surface area contributed by atoms with Gasteiger partial charge in [0.05, 0.1) is 6.54 Å². The highest BCUT2D eigenvalue weighted by atomic mass is 19.1. The zero-order valence-electron chi connectivity index (χ0n) is 14.4. The number of Topliss-reactive ketones (excluding diaryl/α,β-unsaturated/α-hetero) is 1. The molecule has 26 heavy (non-hydrogen) atoms. The van der Waals surface area contributed by atoms with Gasteiger partial charge >= 0.3 is 6.03 Å². The summed E-state index contributed by atoms with van der Waals surface area (Å²) >= 11 is 0. The number of nitrogens with one attached hydrogen (secondary N) is 1. The summed E-state index contributed by atoms with van der Waals surface area (Å²) in [5.41, 5.74) is 0.128. The van der Waals surface area contributed by atoms with Crippen LogP contribution in [0.1, 0.15) is 29.3 Å². The molecule has 0 aromatic heterocycles. The van der Waals surface area contributed by atoms with Gasteiger partial charge in [0, 0.05) is 5.56 Å². The monoisotopic (exact) mass is 354 g/mol. The molecule has 0 saturated carbocycles. The van der Waals surface area contributed by atoms with E-state index >= 15 is 0 Å². The molecular formula is C20H19FN2O3. The third-order valence-corrected chi connectivity index (χ3v) is 4.55. The van der Waals surface area contributed by atoms with Crippen LogP contribution in [0, 0.1) is 5.82 Å². The minimum atomic E-state index is -1.06. The summed E-state index contributed by atoms with van der Waals surface area (Å²) < 4.78 is 13.3. The summed E-state index contributed by atoms with van der Waals surface area (Å²) in [6, 6.07) is 14.2. The van der Waals surface area contributed by atoms with E-state index in [2.05, 4.69) is 5.32 Å². The second-order valence-corrected chi connectivity index (χ2v) is 6.57. The molecule has 2 aromatic rings. The molecule has 3 amide bonds. The molecule has 1 N–H and O–H groups in total. The van der Waals surface area contributed by atoms with Crippen molar-refractivity contribution < 1.29 is 18.8 Å². The summed E-state index contributed by atoms with van der Waals surface area (Å²) in [4.78, 5) is 38.1. The fourth-order valence-electron chi connectivity index (χ4n) is 3.00. The van der Waals surface area contributed by atoms with Crippen molar-refractivity contribution in [3.05, 3.63) is 71.5 Å². The van der Waals surface area contributed by atoms with Crippen molar-refractivity contribution >= 4 is 17.7 Å². The zero-order chi connectivity index (χ0) is 18.7. The molecule has 0 aliphatic carbocycles. The first-order chi connectivity index (χ1) is 12.4. The summed E-state index contributed by atoms with van der Waals surface area (Å²) in [5, 5.41) is 2.68. The SMILES string of the molecule is C[C@@]1(CCc2ccccc2)NC(=O)N(CC(=O)c2cccc(F)c2)C1=O. The van der Waals surface area contributed by atoms with Crippen molar-refractivity contribution in [1.82, 2.24) is 10.2 Å². The fourth-order valence-corrected chi connectivity index (χ4v) is 3.00. The largest absolute Gasteiger partial charge is 0.325 e. The van der Waals surface area contributed by atoms with Gasteiger partial charge in [0.15, 0.2) is 5.78 Å². The topological polar surface area (TPSA) is 66.5 Å². The molecule has 1 aliphatic heterocycles. The minimum Gasteiger partial charge on any atom is -0.323 e. The number of carbonyl (C=O) groups is 3. The smallest absolute Gasteiger partial charge is 0.323 e. The van der Waals surface area contributed by atoms with Crippen LogP contribution in [0.5, 0.6) is 0 Å². The van der Waals surface area contributed by atoms with E-state index in [1.807, 2.05) is 30.3 Å². The lowest BCUT2D eigenvalue weighted by atomic mass is 9.93. The van der Waals surface area contributed by atoms with Gasteiger partial charge in [-0.3, -0.25) is 14.5 Å². The number of rotatable bonds is 6. The molecular weight excluding hydrogens is 335 g/mol. The number of halogens is 1. The van der Waals surface area contributed by atoms with Crippen molar-refractivity contribution in [1.29, 1.82) is 0 Å². The number of benzene rings is 2. The van der Waals surface area contributed by atoms with E-state index in [9.17, 15) is 18.8 Å². The van der Waals surface area contributed by atoms with Gasteiger partial charge in [-0.15, -0.1) is 0 Å². The maximum absolute atomic E-state index is 13.3. The molecule has 3 rings (SSSR count). The number of amides is 3. The van der Waals surface area contributed by atoms with E-state index in [1.165, 1.54) is 18.2 Å². The Morgan fingerprint density at radius 1 is 1.12 bits per heavy atom. The molecule has 1 heterocycles. The Morgan fingerprint density at radius 2 is 1.85 bits per heavy atom. The molecule has 1 fully saturated rings. The van der Waals surface area contributed by atoms with Gasteiger partial charge in [-0.2, -0.15) is 0 Å². The number of ketones is 1. The molecule has 1 atom stereocenters. The van der Waals surface area contributed by atoms with Crippen molar-refractivity contribution in [2.75, 3.05) is 6.54 Å². The molecule has 134 valence electrons. The van der Waals surface area contributed by atoms with E-state index in [4.69, 9.17) is 0 Å². The maximum atomic E-state index is 13.3. The predicted octanol–water partition coefficient (Wildman–Crippen LogP) is 2.95. The Balaban J connectivity index is 1.69. The van der Waals surface area contributed by atoms with E-state index in [-0.39, 0.29) is 5.56 Å². The molecule has 0 radical (unpaired) electrons. The van der Waals surface area contributed by atoms with Crippen LogP contribution in [-0.4, -0.2) is 34.7 Å². The van der Waals surface area contributed by atoms with E-state index < -0.39 is 35.6 Å². The maximum Gasteiger partial charge on any atom is 0.325 e. The lowest BCUT2D eigenvalue weighted by molar-refractivity contribution is -0.130. The fraction of sp³-hybridized carbons (Fsp3) is 0.250. The predicted molar refractivity (Wildman–Crippen MR) is 94.1 cm³/mol. The molecule has 5 nitrogen and oxygen atoms in total. The Hall–Kier alpha value is -3.02. The summed E-state index contributed by atoms with van der Waals surface area (Å²) in [7, 11) is 0. The van der Waals surface area contributed by atoms with Crippen molar-refractivity contribution in [2.45, 2.75) is 25.3 Å². The van der Waals surface area contributed by atoms with Gasteiger partial charge in [-0.1, -0.05) is 42.5 Å². The zero-order valence-corrected chi connectivity index (χ0v) is 14.4. The standard InChI is InChI=1S/C20H19FN2O3/c1-20(11-10-14-6-3-2-4-7-14)18(25)23(19(26)22-20)13-17(24)15-8-5-9-16(21)12-15/h2-9,12H,10-11,13H2,1H3,(H,22,26)/t20-/m0/s1. The average Bonchev–Trinajstić information content (AvgIpc) is 2.84. The highest BCUT2D eigenvalue weighted by Crippen LogP contribution is 2.23. The number of imide groups is 1. The van der Waals surface area contributed by atoms with Crippen LogP contribution in [0.3, 0.4) is 0 Å². The van der Waals surface area contributed by atoms with Crippen molar-refractivity contribution in [2.24, 2.45) is 0 Å². The quantitative estimate of drug-likeness (QED) is 0.641. The second-order valence-electron chi connectivity index (χ2n) is 6.57. The lowest BCUT2D eigenvalue weighted by Crippen LogP contribution is -2.44. The van der Waals surface area contributed by atoms with Crippen LogP contribution >= 0.6 is 0 Å². The lowest BCUT2D eigenvalue weighted by Gasteiger charge is -2.21. The van der Waals surface area contributed by atoms with E-state index in [0.717, 1.165) is 16.5 Å².